The fraction of sp³-hybridized carbons (Fsp3) is 0.300. The number of nitrogens with zero attached hydrogens (tertiary/aromatic N) is 6. The number of aromatic amines is 2. The Morgan fingerprint density at radius 1 is 1.18 bits per heavy atom. The average Bonchev–Trinajstić information content (AvgIpc) is 3.49. The molecule has 0 saturated carbocycles. The summed E-state index contributed by atoms with van der Waals surface area (Å²) in [5.74, 6) is 0.969. The van der Waals surface area contributed by atoms with E-state index in [1.54, 1.807) is 12.7 Å². The van der Waals surface area contributed by atoms with Gasteiger partial charge in [0.15, 0.2) is 0 Å². The fourth-order valence-corrected chi connectivity index (χ4v) is 4.03. The van der Waals surface area contributed by atoms with Crippen LogP contribution in [0.15, 0.2) is 49.2 Å². The van der Waals surface area contributed by atoms with Crippen molar-refractivity contribution in [1.29, 1.82) is 0 Å². The molecule has 0 saturated heterocycles. The minimum absolute atomic E-state index is 0.00552. The van der Waals surface area contributed by atoms with E-state index in [2.05, 4.69) is 54.2 Å². The van der Waals surface area contributed by atoms with Gasteiger partial charge >= 0.3 is 0 Å². The van der Waals surface area contributed by atoms with Crippen LogP contribution in [0.4, 0.5) is 0 Å². The Hall–Kier alpha value is -3.26. The van der Waals surface area contributed by atoms with E-state index in [0.29, 0.717) is 6.54 Å². The summed E-state index contributed by atoms with van der Waals surface area (Å²) in [4.78, 5) is 14.9. The summed E-state index contributed by atoms with van der Waals surface area (Å²) in [5.41, 5.74) is 5.53. The van der Waals surface area contributed by atoms with Crippen LogP contribution in [0.5, 0.6) is 0 Å². The van der Waals surface area contributed by atoms with Crippen molar-refractivity contribution in [2.45, 2.75) is 32.5 Å². The summed E-state index contributed by atoms with van der Waals surface area (Å²) in [7, 11) is 0. The van der Waals surface area contributed by atoms with Crippen LogP contribution in [-0.2, 0) is 19.5 Å². The molecule has 142 valence electrons. The van der Waals surface area contributed by atoms with Gasteiger partial charge in [0.1, 0.15) is 12.2 Å². The normalized spacial score (nSPS) is 17.0. The number of H-pyrrole nitrogens is 2. The topological polar surface area (TPSA) is 91.3 Å². The third-order valence-corrected chi connectivity index (χ3v) is 5.39. The lowest BCUT2D eigenvalue weighted by atomic mass is 9.94. The molecule has 28 heavy (non-hydrogen) atoms. The number of rotatable bonds is 5. The second-order valence-electron chi connectivity index (χ2n) is 6.95. The molecule has 0 aliphatic carbocycles. The summed E-state index contributed by atoms with van der Waals surface area (Å²) in [5, 5.41) is 11.9. The standard InChI is InChI=1S/C20H22N8/c1-2-28-17(22-13-25-28)11-27-9-8-16-19(23-12-21-16)20(27)15-10-24-26-18(15)14-6-4-3-5-7-14/h3-7,10,12-13,20H,2,8-9,11H2,1H3,(H,21,23)(H,24,26)/t20-/m0/s1. The maximum atomic E-state index is 4.67. The lowest BCUT2D eigenvalue weighted by molar-refractivity contribution is 0.192. The summed E-state index contributed by atoms with van der Waals surface area (Å²) < 4.78 is 1.95. The van der Waals surface area contributed by atoms with Gasteiger partial charge in [-0.3, -0.25) is 10.00 Å². The van der Waals surface area contributed by atoms with Crippen LogP contribution in [0.2, 0.25) is 0 Å². The molecular weight excluding hydrogens is 352 g/mol. The number of fused-ring (bicyclic) bond motifs is 1. The van der Waals surface area contributed by atoms with Crippen LogP contribution in [0.25, 0.3) is 11.3 Å². The van der Waals surface area contributed by atoms with E-state index in [9.17, 15) is 0 Å². The molecule has 1 aromatic carbocycles. The van der Waals surface area contributed by atoms with Gasteiger partial charge in [-0.1, -0.05) is 30.3 Å². The first-order valence-corrected chi connectivity index (χ1v) is 9.56. The molecule has 1 atom stereocenters. The smallest absolute Gasteiger partial charge is 0.141 e. The Kier molecular flexibility index (Phi) is 4.25. The van der Waals surface area contributed by atoms with Crippen molar-refractivity contribution >= 4 is 0 Å². The zero-order valence-electron chi connectivity index (χ0n) is 15.7. The van der Waals surface area contributed by atoms with Crippen molar-refractivity contribution in [1.82, 2.24) is 39.8 Å². The van der Waals surface area contributed by atoms with Gasteiger partial charge in [0.05, 0.1) is 36.5 Å². The molecular formula is C20H22N8. The Morgan fingerprint density at radius 3 is 2.93 bits per heavy atom. The number of aromatic nitrogens is 7. The minimum Gasteiger partial charge on any atom is -0.348 e. The Morgan fingerprint density at radius 2 is 2.07 bits per heavy atom. The lowest BCUT2D eigenvalue weighted by Crippen LogP contribution is -2.36. The molecule has 0 unspecified atom stereocenters. The predicted octanol–water partition coefficient (Wildman–Crippen LogP) is 2.56. The van der Waals surface area contributed by atoms with E-state index >= 15 is 0 Å². The van der Waals surface area contributed by atoms with Crippen molar-refractivity contribution < 1.29 is 0 Å². The molecule has 0 bridgehead atoms. The van der Waals surface area contributed by atoms with Crippen LogP contribution < -0.4 is 0 Å². The van der Waals surface area contributed by atoms with E-state index in [-0.39, 0.29) is 6.04 Å². The number of nitrogens with one attached hydrogen (secondary N) is 2. The molecule has 0 spiro atoms. The fourth-order valence-electron chi connectivity index (χ4n) is 4.03. The minimum atomic E-state index is 0.00552. The molecule has 4 aromatic rings. The molecule has 1 aliphatic rings. The second kappa shape index (κ2) is 7.05. The Balaban J connectivity index is 1.58. The molecule has 2 N–H and O–H groups in total. The van der Waals surface area contributed by atoms with Crippen LogP contribution >= 0.6 is 0 Å². The van der Waals surface area contributed by atoms with E-state index in [4.69, 9.17) is 0 Å². The highest BCUT2D eigenvalue weighted by Gasteiger charge is 2.34. The first-order valence-electron chi connectivity index (χ1n) is 9.56. The first-order chi connectivity index (χ1) is 13.8. The molecule has 0 amide bonds. The average molecular weight is 374 g/mol. The largest absolute Gasteiger partial charge is 0.348 e. The summed E-state index contributed by atoms with van der Waals surface area (Å²) >= 11 is 0. The van der Waals surface area contributed by atoms with Crippen LogP contribution in [0, 0.1) is 0 Å². The van der Waals surface area contributed by atoms with Crippen molar-refractivity contribution in [3.8, 4) is 11.3 Å². The maximum Gasteiger partial charge on any atom is 0.141 e. The van der Waals surface area contributed by atoms with Crippen LogP contribution in [-0.4, -0.2) is 46.4 Å². The number of hydrogen-bond donors (Lipinski definition) is 2. The molecule has 0 fully saturated rings. The molecule has 4 heterocycles. The second-order valence-corrected chi connectivity index (χ2v) is 6.95. The summed E-state index contributed by atoms with van der Waals surface area (Å²) in [6, 6.07) is 10.3. The Bertz CT molecular complexity index is 1060. The highest BCUT2D eigenvalue weighted by atomic mass is 15.4. The summed E-state index contributed by atoms with van der Waals surface area (Å²) in [6.07, 6.45) is 6.28. The zero-order chi connectivity index (χ0) is 18.9. The molecule has 3 aromatic heterocycles. The highest BCUT2D eigenvalue weighted by molar-refractivity contribution is 5.64. The number of imidazole rings is 1. The van der Waals surface area contributed by atoms with Gasteiger partial charge in [0.2, 0.25) is 0 Å². The SMILES string of the molecule is CCn1ncnc1CN1CCc2[nH]cnc2[C@@H]1c1cn[nH]c1-c1ccccc1. The van der Waals surface area contributed by atoms with Crippen molar-refractivity contribution in [3.63, 3.8) is 0 Å². The molecule has 8 nitrogen and oxygen atoms in total. The van der Waals surface area contributed by atoms with Crippen molar-refractivity contribution in [3.05, 3.63) is 72.0 Å². The Labute approximate surface area is 162 Å². The molecule has 5 rings (SSSR count). The molecule has 8 heteroatoms. The van der Waals surface area contributed by atoms with E-state index < -0.39 is 0 Å². The third kappa shape index (κ3) is 2.82. The number of benzene rings is 1. The van der Waals surface area contributed by atoms with Crippen LogP contribution in [0.1, 0.15) is 35.7 Å². The van der Waals surface area contributed by atoms with Gasteiger partial charge in [-0.15, -0.1) is 0 Å². The first kappa shape index (κ1) is 16.9. The van der Waals surface area contributed by atoms with E-state index in [0.717, 1.165) is 47.8 Å². The quantitative estimate of drug-likeness (QED) is 0.560. The van der Waals surface area contributed by atoms with Crippen molar-refractivity contribution in [2.75, 3.05) is 6.54 Å². The summed E-state index contributed by atoms with van der Waals surface area (Å²) in [6.45, 7) is 4.52. The molecule has 1 aliphatic heterocycles. The van der Waals surface area contributed by atoms with E-state index in [1.165, 1.54) is 5.69 Å². The number of hydrogen-bond acceptors (Lipinski definition) is 5. The third-order valence-electron chi connectivity index (χ3n) is 5.39. The maximum absolute atomic E-state index is 4.67. The van der Waals surface area contributed by atoms with Gasteiger partial charge in [0, 0.05) is 30.8 Å². The van der Waals surface area contributed by atoms with Crippen molar-refractivity contribution in [2.24, 2.45) is 0 Å². The van der Waals surface area contributed by atoms with Gasteiger partial charge in [-0.05, 0) is 12.5 Å². The lowest BCUT2D eigenvalue weighted by Gasteiger charge is -2.34. The van der Waals surface area contributed by atoms with Gasteiger partial charge in [0.25, 0.3) is 0 Å². The molecule has 0 radical (unpaired) electrons. The van der Waals surface area contributed by atoms with Crippen LogP contribution in [0.3, 0.4) is 0 Å². The number of aryl methyl sites for hydroxylation is 1. The predicted molar refractivity (Wildman–Crippen MR) is 104 cm³/mol. The van der Waals surface area contributed by atoms with Gasteiger partial charge in [-0.25, -0.2) is 14.6 Å². The van der Waals surface area contributed by atoms with Gasteiger partial charge < -0.3 is 4.98 Å². The van der Waals surface area contributed by atoms with E-state index in [1.807, 2.05) is 29.1 Å². The van der Waals surface area contributed by atoms with Gasteiger partial charge in [-0.2, -0.15) is 10.2 Å². The zero-order valence-corrected chi connectivity index (χ0v) is 15.7. The monoisotopic (exact) mass is 374 g/mol. The highest BCUT2D eigenvalue weighted by Crippen LogP contribution is 2.38.